The van der Waals surface area contributed by atoms with Gasteiger partial charge in [-0.2, -0.15) is 0 Å². The molecule has 0 aromatic rings. The highest BCUT2D eigenvalue weighted by Crippen LogP contribution is 2.26. The SMILES string of the molecule is CC/C=C\C/C=C\C/C=C\C/C=C\CCCCC(=O)OCC(COC1OC(C(=O)O)C(O)C(O)C1OC(=O)CCCCCCCCCCCCCCCCCCC)OC(=O)CCCCCCC/C=C\C/C=C\C/C=C\CC. The van der Waals surface area contributed by atoms with Crippen molar-refractivity contribution in [3.8, 4) is 0 Å². The highest BCUT2D eigenvalue weighted by molar-refractivity contribution is 5.74. The molecule has 1 heterocycles. The number of carboxylic acids is 1. The van der Waals surface area contributed by atoms with Crippen molar-refractivity contribution in [3.63, 3.8) is 0 Å². The third kappa shape index (κ3) is 42.5. The minimum atomic E-state index is -1.91. The van der Waals surface area contributed by atoms with E-state index >= 15 is 0 Å². The van der Waals surface area contributed by atoms with Gasteiger partial charge in [-0.25, -0.2) is 4.79 Å². The van der Waals surface area contributed by atoms with E-state index in [1.807, 2.05) is 0 Å². The summed E-state index contributed by atoms with van der Waals surface area (Å²) in [5.74, 6) is -3.19. The minimum Gasteiger partial charge on any atom is -0.479 e. The summed E-state index contributed by atoms with van der Waals surface area (Å²) in [6.07, 6.45) is 55.5. The number of carbonyl (C=O) groups is 4. The largest absolute Gasteiger partial charge is 0.479 e. The number of ether oxygens (including phenoxy) is 5. The van der Waals surface area contributed by atoms with E-state index < -0.39 is 67.3 Å². The fraction of sp³-hybridized carbons (Fsp3) is 0.723. The predicted molar refractivity (Wildman–Crippen MR) is 312 cm³/mol. The van der Waals surface area contributed by atoms with Gasteiger partial charge in [0.2, 0.25) is 0 Å². The van der Waals surface area contributed by atoms with Crippen LogP contribution in [0.4, 0.5) is 0 Å². The number of aliphatic hydroxyl groups is 2. The molecular formula is C65H108O12. The molecule has 12 nitrogen and oxygen atoms in total. The maximum absolute atomic E-state index is 13.1. The first kappa shape index (κ1) is 70.9. The Hall–Kier alpha value is -4.10. The van der Waals surface area contributed by atoms with Crippen LogP contribution in [0.3, 0.4) is 0 Å². The Morgan fingerprint density at radius 2 is 0.818 bits per heavy atom. The maximum Gasteiger partial charge on any atom is 0.335 e. The van der Waals surface area contributed by atoms with Crippen LogP contribution in [0.1, 0.15) is 252 Å². The van der Waals surface area contributed by atoms with Gasteiger partial charge in [-0.15, -0.1) is 0 Å². The van der Waals surface area contributed by atoms with Crippen LogP contribution in [0.5, 0.6) is 0 Å². The highest BCUT2D eigenvalue weighted by atomic mass is 16.7. The molecule has 0 aromatic carbocycles. The first-order valence-electron chi connectivity index (χ1n) is 30.6. The van der Waals surface area contributed by atoms with Crippen LogP contribution in [0.2, 0.25) is 0 Å². The van der Waals surface area contributed by atoms with E-state index in [0.29, 0.717) is 19.3 Å². The van der Waals surface area contributed by atoms with Crippen molar-refractivity contribution in [2.45, 2.75) is 289 Å². The average Bonchev–Trinajstić information content (AvgIpc) is 3.42. The van der Waals surface area contributed by atoms with Gasteiger partial charge in [0.05, 0.1) is 6.61 Å². The summed E-state index contributed by atoms with van der Waals surface area (Å²) in [7, 11) is 0. The predicted octanol–water partition coefficient (Wildman–Crippen LogP) is 15.9. The summed E-state index contributed by atoms with van der Waals surface area (Å²) in [6.45, 7) is 5.73. The first-order valence-corrected chi connectivity index (χ1v) is 30.6. The van der Waals surface area contributed by atoms with Crippen LogP contribution in [0, 0.1) is 0 Å². The number of rotatable bonds is 51. The highest BCUT2D eigenvalue weighted by Gasteiger charge is 2.50. The van der Waals surface area contributed by atoms with Gasteiger partial charge in [0.25, 0.3) is 0 Å². The number of esters is 3. The van der Waals surface area contributed by atoms with Crippen molar-refractivity contribution >= 4 is 23.9 Å². The number of carboxylic acid groups (broad SMARTS) is 1. The number of hydrogen-bond donors (Lipinski definition) is 3. The van der Waals surface area contributed by atoms with Crippen molar-refractivity contribution in [3.05, 3.63) is 85.1 Å². The van der Waals surface area contributed by atoms with E-state index in [1.54, 1.807) is 0 Å². The lowest BCUT2D eigenvalue weighted by molar-refractivity contribution is -0.301. The van der Waals surface area contributed by atoms with Gasteiger partial charge in [0.15, 0.2) is 24.6 Å². The van der Waals surface area contributed by atoms with Gasteiger partial charge in [0, 0.05) is 19.3 Å². The number of hydrogen-bond acceptors (Lipinski definition) is 11. The summed E-state index contributed by atoms with van der Waals surface area (Å²) < 4.78 is 28.4. The van der Waals surface area contributed by atoms with Gasteiger partial charge >= 0.3 is 23.9 Å². The number of aliphatic hydroxyl groups excluding tert-OH is 2. The quantitative estimate of drug-likeness (QED) is 0.0228. The Labute approximate surface area is 467 Å². The van der Waals surface area contributed by atoms with Gasteiger partial charge < -0.3 is 39.0 Å². The van der Waals surface area contributed by atoms with Crippen LogP contribution in [-0.2, 0) is 42.9 Å². The lowest BCUT2D eigenvalue weighted by Gasteiger charge is -2.40. The van der Waals surface area contributed by atoms with Crippen molar-refractivity contribution in [2.75, 3.05) is 13.2 Å². The van der Waals surface area contributed by atoms with Gasteiger partial charge in [-0.1, -0.05) is 228 Å². The molecule has 0 bridgehead atoms. The zero-order chi connectivity index (χ0) is 56.1. The molecule has 6 atom stereocenters. The molecule has 1 aliphatic rings. The second kappa shape index (κ2) is 52.6. The molecule has 0 amide bonds. The number of carbonyl (C=O) groups excluding carboxylic acids is 3. The Kier molecular flexibility index (Phi) is 48.4. The molecule has 6 unspecified atom stereocenters. The van der Waals surface area contributed by atoms with E-state index in [9.17, 15) is 34.5 Å². The van der Waals surface area contributed by atoms with Crippen LogP contribution in [0.25, 0.3) is 0 Å². The van der Waals surface area contributed by atoms with Crippen LogP contribution < -0.4 is 0 Å². The standard InChI is InChI=1S/C65H108O12/c1-4-7-10-13-16-19-22-25-28-29-32-35-38-41-44-47-50-53-59(68)76-63-61(70)60(69)62(64(71)72)77-65(63)74-55-56(75-58(67)52-49-46-43-40-37-34-31-27-24-21-18-15-12-9-6-3)54-73-57(66)51-48-45-42-39-36-33-30-26-23-20-17-14-11-8-5-2/h8-9,11-12,17-18,20-21,26-27,30-31,36,39,56,60-63,65,69-70H,4-7,10,13-16,19,22-25,28-29,32-35,37-38,40-55H2,1-3H3,(H,71,72)/b11-8-,12-9-,20-17-,21-18-,30-26-,31-27-,39-36-. The van der Waals surface area contributed by atoms with Crippen molar-refractivity contribution < 1.29 is 58.2 Å². The van der Waals surface area contributed by atoms with Gasteiger partial charge in [-0.3, -0.25) is 14.4 Å². The zero-order valence-corrected chi connectivity index (χ0v) is 48.4. The summed E-state index contributed by atoms with van der Waals surface area (Å²) in [6, 6.07) is 0. The molecular weight excluding hydrogens is 973 g/mol. The topological polar surface area (TPSA) is 175 Å². The summed E-state index contributed by atoms with van der Waals surface area (Å²) in [5, 5.41) is 31.5. The Balaban J connectivity index is 2.71. The van der Waals surface area contributed by atoms with Crippen LogP contribution in [-0.4, -0.2) is 89.2 Å². The molecule has 0 spiro atoms. The molecule has 77 heavy (non-hydrogen) atoms. The fourth-order valence-corrected chi connectivity index (χ4v) is 8.84. The zero-order valence-electron chi connectivity index (χ0n) is 48.4. The Morgan fingerprint density at radius 3 is 1.27 bits per heavy atom. The number of aliphatic carboxylic acids is 1. The molecule has 440 valence electrons. The molecule has 1 saturated heterocycles. The molecule has 12 heteroatoms. The first-order chi connectivity index (χ1) is 37.6. The van der Waals surface area contributed by atoms with Gasteiger partial charge in [0.1, 0.15) is 18.8 Å². The molecule has 1 rings (SSSR count). The van der Waals surface area contributed by atoms with Crippen LogP contribution in [0.15, 0.2) is 85.1 Å². The minimum absolute atomic E-state index is 0.0547. The lowest BCUT2D eigenvalue weighted by atomic mass is 9.98. The molecule has 0 aliphatic carbocycles. The Bertz CT molecular complexity index is 1660. The van der Waals surface area contributed by atoms with Crippen LogP contribution >= 0.6 is 0 Å². The number of allylic oxidation sites excluding steroid dienone is 14. The third-order valence-electron chi connectivity index (χ3n) is 13.5. The van der Waals surface area contributed by atoms with E-state index in [1.165, 1.54) is 77.0 Å². The summed E-state index contributed by atoms with van der Waals surface area (Å²) in [4.78, 5) is 51.2. The normalized spacial score (nSPS) is 18.6. The van der Waals surface area contributed by atoms with E-state index in [-0.39, 0.29) is 25.9 Å². The summed E-state index contributed by atoms with van der Waals surface area (Å²) in [5.41, 5.74) is 0. The second-order valence-electron chi connectivity index (χ2n) is 20.6. The van der Waals surface area contributed by atoms with E-state index in [2.05, 4.69) is 106 Å². The molecule has 0 saturated carbocycles. The van der Waals surface area contributed by atoms with Crippen molar-refractivity contribution in [1.29, 1.82) is 0 Å². The smallest absolute Gasteiger partial charge is 0.335 e. The monoisotopic (exact) mass is 1080 g/mol. The number of unbranched alkanes of at least 4 members (excludes halogenated alkanes) is 23. The average molecular weight is 1080 g/mol. The molecule has 0 radical (unpaired) electrons. The maximum atomic E-state index is 13.1. The fourth-order valence-electron chi connectivity index (χ4n) is 8.84. The van der Waals surface area contributed by atoms with Crippen molar-refractivity contribution in [1.82, 2.24) is 0 Å². The van der Waals surface area contributed by atoms with Crippen molar-refractivity contribution in [2.24, 2.45) is 0 Å². The summed E-state index contributed by atoms with van der Waals surface area (Å²) >= 11 is 0. The molecule has 0 aromatic heterocycles. The molecule has 1 aliphatic heterocycles. The second-order valence-corrected chi connectivity index (χ2v) is 20.6. The van der Waals surface area contributed by atoms with E-state index in [4.69, 9.17) is 23.7 Å². The molecule has 1 fully saturated rings. The van der Waals surface area contributed by atoms with Gasteiger partial charge in [-0.05, 0) is 89.9 Å². The third-order valence-corrected chi connectivity index (χ3v) is 13.5. The Morgan fingerprint density at radius 1 is 0.442 bits per heavy atom. The van der Waals surface area contributed by atoms with E-state index in [0.717, 1.165) is 116 Å². The molecule has 3 N–H and O–H groups in total. The lowest BCUT2D eigenvalue weighted by Crippen LogP contribution is -2.61.